The molecule has 0 aromatic rings. The minimum Gasteiger partial charge on any atom is -0.373 e. The van der Waals surface area contributed by atoms with Gasteiger partial charge in [0.15, 0.2) is 5.11 Å². The Morgan fingerprint density at radius 1 is 1.82 bits per heavy atom. The number of rotatable bonds is 1. The lowest BCUT2D eigenvalue weighted by Gasteiger charge is -2.37. The minimum absolute atomic E-state index is 0.292. The van der Waals surface area contributed by atoms with Crippen LogP contribution in [0.25, 0.3) is 0 Å². The van der Waals surface area contributed by atoms with E-state index in [1.165, 1.54) is 0 Å². The molecule has 3 nitrogen and oxygen atoms in total. The number of thiocarbonyl (C=S) groups is 1. The van der Waals surface area contributed by atoms with Gasteiger partial charge >= 0.3 is 0 Å². The number of hydrogen-bond acceptors (Lipinski definition) is 2. The van der Waals surface area contributed by atoms with Gasteiger partial charge in [-0.25, -0.2) is 0 Å². The molecule has 1 aliphatic heterocycles. The van der Waals surface area contributed by atoms with E-state index in [1.54, 1.807) is 4.90 Å². The van der Waals surface area contributed by atoms with Crippen LogP contribution in [0.4, 0.5) is 0 Å². The highest BCUT2D eigenvalue weighted by Crippen LogP contribution is 2.10. The van der Waals surface area contributed by atoms with Crippen LogP contribution in [-0.2, 0) is 0 Å². The smallest absolute Gasteiger partial charge is 0.171 e. The first-order valence-electron chi connectivity index (χ1n) is 3.90. The van der Waals surface area contributed by atoms with Crippen molar-refractivity contribution in [2.75, 3.05) is 6.54 Å². The molecule has 2 N–H and O–H groups in total. The standard InChI is InChI=1S/C7H14N2OS/c1-3-9-6(10)4-5(2)8-7(9)11/h5-6,10H,3-4H2,1-2H3,(H,8,11). The molecule has 0 aromatic carbocycles. The fourth-order valence-electron chi connectivity index (χ4n) is 1.29. The molecule has 2 unspecified atom stereocenters. The van der Waals surface area contributed by atoms with Gasteiger partial charge in [0, 0.05) is 19.0 Å². The molecule has 0 spiro atoms. The molecule has 1 aliphatic rings. The van der Waals surface area contributed by atoms with Crippen molar-refractivity contribution in [2.45, 2.75) is 32.5 Å². The van der Waals surface area contributed by atoms with Crippen LogP contribution in [0, 0.1) is 0 Å². The lowest BCUT2D eigenvalue weighted by Crippen LogP contribution is -2.55. The van der Waals surface area contributed by atoms with Crippen molar-refractivity contribution in [3.8, 4) is 0 Å². The summed E-state index contributed by atoms with van der Waals surface area (Å²) in [6.45, 7) is 4.76. The molecule has 0 bridgehead atoms. The number of nitrogens with zero attached hydrogens (tertiary/aromatic N) is 1. The summed E-state index contributed by atoms with van der Waals surface area (Å²) < 4.78 is 0. The number of hydrogen-bond donors (Lipinski definition) is 2. The van der Waals surface area contributed by atoms with Crippen LogP contribution >= 0.6 is 12.2 Å². The second kappa shape index (κ2) is 3.36. The average molecular weight is 174 g/mol. The van der Waals surface area contributed by atoms with Gasteiger partial charge < -0.3 is 15.3 Å². The van der Waals surface area contributed by atoms with Crippen molar-refractivity contribution in [1.82, 2.24) is 10.2 Å². The van der Waals surface area contributed by atoms with Gasteiger partial charge in [0.05, 0.1) is 0 Å². The molecule has 1 rings (SSSR count). The van der Waals surface area contributed by atoms with Crippen molar-refractivity contribution >= 4 is 17.3 Å². The molecule has 0 aliphatic carbocycles. The van der Waals surface area contributed by atoms with Gasteiger partial charge in [0.25, 0.3) is 0 Å². The van der Waals surface area contributed by atoms with Crippen LogP contribution in [0.3, 0.4) is 0 Å². The van der Waals surface area contributed by atoms with Crippen LogP contribution in [0.5, 0.6) is 0 Å². The Kier molecular flexibility index (Phi) is 2.67. The number of nitrogens with one attached hydrogen (secondary N) is 1. The van der Waals surface area contributed by atoms with Crippen LogP contribution < -0.4 is 5.32 Å². The van der Waals surface area contributed by atoms with E-state index in [0.29, 0.717) is 11.2 Å². The zero-order chi connectivity index (χ0) is 8.43. The molecule has 1 saturated heterocycles. The third-order valence-electron chi connectivity index (χ3n) is 1.90. The van der Waals surface area contributed by atoms with Crippen molar-refractivity contribution in [2.24, 2.45) is 0 Å². The third kappa shape index (κ3) is 1.81. The van der Waals surface area contributed by atoms with E-state index in [-0.39, 0.29) is 0 Å². The first-order valence-corrected chi connectivity index (χ1v) is 4.31. The molecule has 2 atom stereocenters. The van der Waals surface area contributed by atoms with Crippen molar-refractivity contribution in [3.63, 3.8) is 0 Å². The van der Waals surface area contributed by atoms with Crippen molar-refractivity contribution in [1.29, 1.82) is 0 Å². The first kappa shape index (κ1) is 8.74. The maximum Gasteiger partial charge on any atom is 0.171 e. The topological polar surface area (TPSA) is 35.5 Å². The molecule has 0 amide bonds. The Morgan fingerprint density at radius 3 is 2.91 bits per heavy atom. The van der Waals surface area contributed by atoms with Gasteiger partial charge in [-0.15, -0.1) is 0 Å². The SMILES string of the molecule is CCN1C(=S)NC(C)CC1O. The average Bonchev–Trinajstić information content (AvgIpc) is 1.85. The van der Waals surface area contributed by atoms with E-state index in [1.807, 2.05) is 13.8 Å². The molecule has 0 radical (unpaired) electrons. The molecule has 0 aromatic heterocycles. The molecule has 1 heterocycles. The highest BCUT2D eigenvalue weighted by atomic mass is 32.1. The van der Waals surface area contributed by atoms with Gasteiger partial charge in [-0.05, 0) is 26.1 Å². The molecule has 0 saturated carbocycles. The third-order valence-corrected chi connectivity index (χ3v) is 2.25. The van der Waals surface area contributed by atoms with E-state index in [9.17, 15) is 5.11 Å². The minimum atomic E-state index is -0.399. The zero-order valence-electron chi connectivity index (χ0n) is 6.87. The summed E-state index contributed by atoms with van der Waals surface area (Å²) in [5.41, 5.74) is 0. The molecule has 11 heavy (non-hydrogen) atoms. The Labute approximate surface area is 72.4 Å². The van der Waals surface area contributed by atoms with Crippen LogP contribution in [-0.4, -0.2) is 33.9 Å². The van der Waals surface area contributed by atoms with Crippen molar-refractivity contribution < 1.29 is 5.11 Å². The maximum atomic E-state index is 9.51. The summed E-state index contributed by atoms with van der Waals surface area (Å²) in [6.07, 6.45) is 0.345. The molecule has 4 heteroatoms. The predicted octanol–water partition coefficient (Wildman–Crippen LogP) is 0.293. The van der Waals surface area contributed by atoms with Gasteiger partial charge in [-0.1, -0.05) is 0 Å². The normalized spacial score (nSPS) is 31.9. The fraction of sp³-hybridized carbons (Fsp3) is 0.857. The quantitative estimate of drug-likeness (QED) is 0.560. The Hall–Kier alpha value is -0.350. The summed E-state index contributed by atoms with van der Waals surface area (Å²) in [5.74, 6) is 0. The highest BCUT2D eigenvalue weighted by molar-refractivity contribution is 7.80. The van der Waals surface area contributed by atoms with E-state index in [4.69, 9.17) is 12.2 Å². The van der Waals surface area contributed by atoms with E-state index >= 15 is 0 Å². The van der Waals surface area contributed by atoms with E-state index in [2.05, 4.69) is 5.32 Å². The van der Waals surface area contributed by atoms with Gasteiger partial charge in [-0.3, -0.25) is 0 Å². The number of aliphatic hydroxyl groups is 1. The summed E-state index contributed by atoms with van der Waals surface area (Å²) in [5, 5.41) is 13.3. The first-order chi connectivity index (χ1) is 5.15. The predicted molar refractivity (Wildman–Crippen MR) is 48.2 cm³/mol. The molecule has 64 valence electrons. The van der Waals surface area contributed by atoms with Crippen LogP contribution in [0.15, 0.2) is 0 Å². The monoisotopic (exact) mass is 174 g/mol. The summed E-state index contributed by atoms with van der Waals surface area (Å²) in [6, 6.07) is 0.292. The summed E-state index contributed by atoms with van der Waals surface area (Å²) in [7, 11) is 0. The van der Waals surface area contributed by atoms with Gasteiger partial charge in [-0.2, -0.15) is 0 Å². The summed E-state index contributed by atoms with van der Waals surface area (Å²) >= 11 is 5.04. The fourth-order valence-corrected chi connectivity index (χ4v) is 1.74. The zero-order valence-corrected chi connectivity index (χ0v) is 7.69. The van der Waals surface area contributed by atoms with E-state index in [0.717, 1.165) is 13.0 Å². The second-order valence-electron chi connectivity index (χ2n) is 2.85. The Morgan fingerprint density at radius 2 is 2.45 bits per heavy atom. The van der Waals surface area contributed by atoms with Gasteiger partial charge in [0.2, 0.25) is 0 Å². The Balaban J connectivity index is 2.59. The van der Waals surface area contributed by atoms with Crippen molar-refractivity contribution in [3.05, 3.63) is 0 Å². The second-order valence-corrected chi connectivity index (χ2v) is 3.24. The lowest BCUT2D eigenvalue weighted by atomic mass is 10.1. The maximum absolute atomic E-state index is 9.51. The molecule has 1 fully saturated rings. The largest absolute Gasteiger partial charge is 0.373 e. The Bertz CT molecular complexity index is 163. The molecular formula is C7H14N2OS. The summed E-state index contributed by atoms with van der Waals surface area (Å²) in [4.78, 5) is 1.79. The van der Waals surface area contributed by atoms with Crippen LogP contribution in [0.1, 0.15) is 20.3 Å². The lowest BCUT2D eigenvalue weighted by molar-refractivity contribution is 0.0288. The van der Waals surface area contributed by atoms with Crippen LogP contribution in [0.2, 0.25) is 0 Å². The van der Waals surface area contributed by atoms with E-state index < -0.39 is 6.23 Å². The van der Waals surface area contributed by atoms with Gasteiger partial charge in [0.1, 0.15) is 6.23 Å². The number of aliphatic hydroxyl groups excluding tert-OH is 1. The highest BCUT2D eigenvalue weighted by Gasteiger charge is 2.25. The molecular weight excluding hydrogens is 160 g/mol.